The number of nitrogens with zero attached hydrogens (tertiary/aromatic N) is 1. The predicted molar refractivity (Wildman–Crippen MR) is 131 cm³/mol. The number of allylic oxidation sites excluding steroid dienone is 2. The molecule has 2 saturated heterocycles. The van der Waals surface area contributed by atoms with E-state index in [1.807, 2.05) is 6.08 Å². The van der Waals surface area contributed by atoms with Crippen LogP contribution in [0.25, 0.3) is 0 Å². The van der Waals surface area contributed by atoms with Gasteiger partial charge < -0.3 is 14.8 Å². The summed E-state index contributed by atoms with van der Waals surface area (Å²) in [6.07, 6.45) is 7.45. The zero-order valence-corrected chi connectivity index (χ0v) is 22.3. The van der Waals surface area contributed by atoms with E-state index in [1.54, 1.807) is 0 Å². The standard InChI is InChI=1S/C27H46N2O4/c1-24(2)17-28-25(3,4)16-20(24)33-23(31)21(18-12-10-11-13-18)22(30)32-19-14-26(5,6)29(9)27(7,8)15-19/h10,12,18-21,28H,11,13-17H2,1-9H3. The minimum absolute atomic E-state index is 0.0966. The number of piperidine rings is 2. The molecule has 33 heavy (non-hydrogen) atoms. The number of nitrogens with one attached hydrogen (secondary N) is 1. The molecule has 3 rings (SSSR count). The van der Waals surface area contributed by atoms with Crippen molar-refractivity contribution in [3.8, 4) is 0 Å². The van der Waals surface area contributed by atoms with E-state index < -0.39 is 17.9 Å². The summed E-state index contributed by atoms with van der Waals surface area (Å²) in [5.41, 5.74) is -0.510. The van der Waals surface area contributed by atoms with Crippen molar-refractivity contribution in [3.63, 3.8) is 0 Å². The van der Waals surface area contributed by atoms with Crippen molar-refractivity contribution >= 4 is 11.9 Å². The van der Waals surface area contributed by atoms with E-state index >= 15 is 0 Å². The molecule has 0 amide bonds. The van der Waals surface area contributed by atoms with Crippen LogP contribution in [0.15, 0.2) is 12.2 Å². The van der Waals surface area contributed by atoms with Gasteiger partial charge in [0.2, 0.25) is 0 Å². The van der Waals surface area contributed by atoms with Gasteiger partial charge in [0.25, 0.3) is 0 Å². The Morgan fingerprint density at radius 1 is 0.939 bits per heavy atom. The Morgan fingerprint density at radius 3 is 2.06 bits per heavy atom. The third kappa shape index (κ3) is 5.82. The van der Waals surface area contributed by atoms with E-state index in [9.17, 15) is 9.59 Å². The Balaban J connectivity index is 1.76. The van der Waals surface area contributed by atoms with Crippen molar-refractivity contribution in [2.45, 2.75) is 116 Å². The zero-order chi connectivity index (χ0) is 24.8. The van der Waals surface area contributed by atoms with Gasteiger partial charge in [0.05, 0.1) is 0 Å². The van der Waals surface area contributed by atoms with Gasteiger partial charge in [0.1, 0.15) is 12.2 Å². The van der Waals surface area contributed by atoms with Crippen LogP contribution in [0.1, 0.15) is 87.5 Å². The summed E-state index contributed by atoms with van der Waals surface area (Å²) in [5.74, 6) is -1.92. The molecule has 0 aromatic heterocycles. The van der Waals surface area contributed by atoms with Crippen LogP contribution in [-0.2, 0) is 19.1 Å². The van der Waals surface area contributed by atoms with E-state index in [-0.39, 0.29) is 40.2 Å². The maximum absolute atomic E-state index is 13.5. The molecule has 2 aliphatic heterocycles. The van der Waals surface area contributed by atoms with Gasteiger partial charge in [-0.1, -0.05) is 26.0 Å². The minimum atomic E-state index is -0.900. The quantitative estimate of drug-likeness (QED) is 0.369. The van der Waals surface area contributed by atoms with Gasteiger partial charge in [-0.2, -0.15) is 0 Å². The van der Waals surface area contributed by atoms with Gasteiger partial charge in [-0.3, -0.25) is 14.5 Å². The number of hydrogen-bond acceptors (Lipinski definition) is 6. The molecule has 0 bridgehead atoms. The molecule has 6 nitrogen and oxygen atoms in total. The second kappa shape index (κ2) is 8.99. The Morgan fingerprint density at radius 2 is 1.52 bits per heavy atom. The normalized spacial score (nSPS) is 31.7. The molecule has 3 unspecified atom stereocenters. The molecule has 0 aromatic carbocycles. The first-order chi connectivity index (χ1) is 15.0. The average Bonchev–Trinajstić information content (AvgIpc) is 3.17. The smallest absolute Gasteiger partial charge is 0.321 e. The second-order valence-electron chi connectivity index (χ2n) is 13.2. The maximum Gasteiger partial charge on any atom is 0.321 e. The molecule has 188 valence electrons. The highest BCUT2D eigenvalue weighted by Gasteiger charge is 2.48. The number of ether oxygens (including phenoxy) is 2. The number of esters is 2. The third-order valence-corrected chi connectivity index (χ3v) is 8.39. The average molecular weight is 463 g/mol. The number of likely N-dealkylation sites (tertiary alicyclic amines) is 1. The molecular formula is C27H46N2O4. The summed E-state index contributed by atoms with van der Waals surface area (Å²) in [7, 11) is 2.13. The fraction of sp³-hybridized carbons (Fsp3) is 0.852. The Hall–Kier alpha value is -1.40. The fourth-order valence-electron chi connectivity index (χ4n) is 5.79. The van der Waals surface area contributed by atoms with Crippen molar-refractivity contribution in [3.05, 3.63) is 12.2 Å². The molecule has 0 radical (unpaired) electrons. The lowest BCUT2D eigenvalue weighted by atomic mass is 9.75. The SMILES string of the molecule is CN1C(C)(C)CC(OC(=O)C(C(=O)OC2CC(C)(C)NCC2(C)C)C2C=CCC2)CC1(C)C. The lowest BCUT2D eigenvalue weighted by Crippen LogP contribution is -2.60. The van der Waals surface area contributed by atoms with Crippen molar-refractivity contribution in [1.82, 2.24) is 10.2 Å². The van der Waals surface area contributed by atoms with Gasteiger partial charge in [-0.05, 0) is 61.4 Å². The van der Waals surface area contributed by atoms with Gasteiger partial charge in [0, 0.05) is 53.8 Å². The summed E-state index contributed by atoms with van der Waals surface area (Å²) in [5, 5.41) is 3.53. The first kappa shape index (κ1) is 26.2. The molecule has 3 aliphatic rings. The first-order valence-corrected chi connectivity index (χ1v) is 12.6. The number of carbonyl (C=O) groups is 2. The van der Waals surface area contributed by atoms with Crippen molar-refractivity contribution < 1.29 is 19.1 Å². The van der Waals surface area contributed by atoms with Crippen LogP contribution in [0.3, 0.4) is 0 Å². The minimum Gasteiger partial charge on any atom is -0.462 e. The topological polar surface area (TPSA) is 67.9 Å². The van der Waals surface area contributed by atoms with Gasteiger partial charge in [0.15, 0.2) is 5.92 Å². The predicted octanol–water partition coefficient (Wildman–Crippen LogP) is 4.47. The lowest BCUT2D eigenvalue weighted by Gasteiger charge is -2.53. The Bertz CT molecular complexity index is 765. The van der Waals surface area contributed by atoms with Crippen LogP contribution in [0.5, 0.6) is 0 Å². The highest BCUT2D eigenvalue weighted by atomic mass is 16.6. The zero-order valence-electron chi connectivity index (χ0n) is 22.3. The van der Waals surface area contributed by atoms with E-state index in [0.717, 1.165) is 32.2 Å². The van der Waals surface area contributed by atoms with Crippen LogP contribution in [0.4, 0.5) is 0 Å². The number of hydrogen-bond donors (Lipinski definition) is 1. The third-order valence-electron chi connectivity index (χ3n) is 8.39. The molecule has 2 fully saturated rings. The van der Waals surface area contributed by atoms with E-state index in [2.05, 4.69) is 78.7 Å². The molecule has 3 atom stereocenters. The van der Waals surface area contributed by atoms with Crippen LogP contribution >= 0.6 is 0 Å². The van der Waals surface area contributed by atoms with Gasteiger partial charge in [-0.25, -0.2) is 0 Å². The first-order valence-electron chi connectivity index (χ1n) is 12.6. The van der Waals surface area contributed by atoms with Crippen molar-refractivity contribution in [2.75, 3.05) is 13.6 Å². The summed E-state index contributed by atoms with van der Waals surface area (Å²) >= 11 is 0. The molecule has 2 heterocycles. The van der Waals surface area contributed by atoms with E-state index in [0.29, 0.717) is 6.42 Å². The van der Waals surface area contributed by atoms with Crippen molar-refractivity contribution in [2.24, 2.45) is 17.3 Å². The number of carbonyl (C=O) groups excluding carboxylic acids is 2. The largest absolute Gasteiger partial charge is 0.462 e. The summed E-state index contributed by atoms with van der Waals surface area (Å²) < 4.78 is 12.2. The highest BCUT2D eigenvalue weighted by Crippen LogP contribution is 2.40. The van der Waals surface area contributed by atoms with Crippen LogP contribution < -0.4 is 5.32 Å². The molecule has 0 spiro atoms. The summed E-state index contributed by atoms with van der Waals surface area (Å²) in [4.78, 5) is 29.4. The second-order valence-corrected chi connectivity index (χ2v) is 13.2. The highest BCUT2D eigenvalue weighted by molar-refractivity contribution is 5.95. The number of rotatable bonds is 5. The van der Waals surface area contributed by atoms with Gasteiger partial charge >= 0.3 is 11.9 Å². The molecule has 1 N–H and O–H groups in total. The molecular weight excluding hydrogens is 416 g/mol. The van der Waals surface area contributed by atoms with E-state index in [1.165, 1.54) is 0 Å². The molecule has 0 saturated carbocycles. The molecule has 6 heteroatoms. The maximum atomic E-state index is 13.5. The van der Waals surface area contributed by atoms with Gasteiger partial charge in [-0.15, -0.1) is 0 Å². The Kier molecular flexibility index (Phi) is 7.14. The Labute approximate surface area is 200 Å². The monoisotopic (exact) mass is 462 g/mol. The van der Waals surface area contributed by atoms with Crippen LogP contribution in [0, 0.1) is 17.3 Å². The summed E-state index contributed by atoms with van der Waals surface area (Å²) in [6.45, 7) is 18.0. The fourth-order valence-corrected chi connectivity index (χ4v) is 5.79. The lowest BCUT2D eigenvalue weighted by molar-refractivity contribution is -0.180. The van der Waals surface area contributed by atoms with E-state index in [4.69, 9.17) is 9.47 Å². The van der Waals surface area contributed by atoms with Crippen molar-refractivity contribution in [1.29, 1.82) is 0 Å². The van der Waals surface area contributed by atoms with Crippen LogP contribution in [-0.4, -0.2) is 59.3 Å². The molecule has 1 aliphatic carbocycles. The summed E-state index contributed by atoms with van der Waals surface area (Å²) in [6, 6.07) is 0. The molecule has 0 aromatic rings. The van der Waals surface area contributed by atoms with Crippen LogP contribution in [0.2, 0.25) is 0 Å².